The van der Waals surface area contributed by atoms with Crippen molar-refractivity contribution < 1.29 is 28.8 Å². The highest BCUT2D eigenvalue weighted by Gasteiger charge is 2.29. The summed E-state index contributed by atoms with van der Waals surface area (Å²) < 4.78 is 20.8. The number of benzene rings is 1. The van der Waals surface area contributed by atoms with Crippen molar-refractivity contribution in [3.05, 3.63) is 23.5 Å². The van der Waals surface area contributed by atoms with Gasteiger partial charge in [0.2, 0.25) is 5.75 Å². The second-order valence-electron chi connectivity index (χ2n) is 4.63. The van der Waals surface area contributed by atoms with Crippen LogP contribution in [0, 0.1) is 0 Å². The van der Waals surface area contributed by atoms with Gasteiger partial charge in [-0.05, 0) is 6.92 Å². The predicted octanol–water partition coefficient (Wildman–Crippen LogP) is 2.86. The highest BCUT2D eigenvalue weighted by atomic mass is 32.2. The van der Waals surface area contributed by atoms with Crippen LogP contribution in [0.15, 0.2) is 28.5 Å². The molecule has 1 aromatic rings. The summed E-state index contributed by atoms with van der Waals surface area (Å²) in [5, 5.41) is 10.3. The lowest BCUT2D eigenvalue weighted by Gasteiger charge is -2.13. The van der Waals surface area contributed by atoms with Crippen LogP contribution in [0.4, 0.5) is 5.69 Å². The summed E-state index contributed by atoms with van der Waals surface area (Å²) in [5.41, 5.74) is 0.596. The third-order valence-electron chi connectivity index (χ3n) is 3.21. The third kappa shape index (κ3) is 3.59. The van der Waals surface area contributed by atoms with Gasteiger partial charge in [0.05, 0.1) is 39.4 Å². The fraction of sp³-hybridized carbons (Fsp3) is 0.375. The van der Waals surface area contributed by atoms with E-state index in [0.29, 0.717) is 28.0 Å². The lowest BCUT2D eigenvalue weighted by Crippen LogP contribution is -2.12. The number of aliphatic imine (C=N–C) groups is 1. The van der Waals surface area contributed by atoms with E-state index < -0.39 is 5.97 Å². The number of rotatable bonds is 6. The largest absolute Gasteiger partial charge is 0.510 e. The summed E-state index contributed by atoms with van der Waals surface area (Å²) in [6, 6.07) is 3.32. The van der Waals surface area contributed by atoms with Crippen LogP contribution < -0.4 is 14.2 Å². The van der Waals surface area contributed by atoms with Crippen LogP contribution in [0.3, 0.4) is 0 Å². The molecule has 0 saturated carbocycles. The zero-order valence-electron chi connectivity index (χ0n) is 13.9. The van der Waals surface area contributed by atoms with Gasteiger partial charge in [-0.15, -0.1) is 0 Å². The minimum Gasteiger partial charge on any atom is -0.510 e. The van der Waals surface area contributed by atoms with Crippen LogP contribution in [0.25, 0.3) is 0 Å². The predicted molar refractivity (Wildman–Crippen MR) is 91.9 cm³/mol. The van der Waals surface area contributed by atoms with Gasteiger partial charge in [0.1, 0.15) is 16.4 Å². The maximum absolute atomic E-state index is 12.0. The van der Waals surface area contributed by atoms with Gasteiger partial charge < -0.3 is 24.1 Å². The van der Waals surface area contributed by atoms with E-state index >= 15 is 0 Å². The van der Waals surface area contributed by atoms with Crippen LogP contribution in [0.1, 0.15) is 6.92 Å². The Morgan fingerprint density at radius 3 is 2.33 bits per heavy atom. The molecule has 0 spiro atoms. The van der Waals surface area contributed by atoms with Crippen molar-refractivity contribution in [2.75, 3.05) is 33.7 Å². The van der Waals surface area contributed by atoms with Gasteiger partial charge in [-0.2, -0.15) is 0 Å². The Kier molecular flexibility index (Phi) is 5.97. The number of nitrogens with zero attached hydrogens (tertiary/aromatic N) is 1. The Morgan fingerprint density at radius 1 is 1.21 bits per heavy atom. The molecule has 0 fully saturated rings. The molecule has 0 aliphatic carbocycles. The molecule has 0 unspecified atom stereocenters. The molecule has 0 saturated heterocycles. The topological polar surface area (TPSA) is 86.6 Å². The standard InChI is InChI=1S/C16H19NO6S/c1-5-23-16(19)13-10(18)8-24-15(13)17-9-6-11(20-2)14(22-4)12(7-9)21-3/h6-7,18H,5,8H2,1-4H3. The van der Waals surface area contributed by atoms with E-state index in [0.717, 1.165) is 0 Å². The first kappa shape index (κ1) is 18.0. The first-order chi connectivity index (χ1) is 11.5. The SMILES string of the molecule is CCOC(=O)C1=C(O)CSC1=Nc1cc(OC)c(OC)c(OC)c1. The Bertz CT molecular complexity index is 673. The number of hydrogen-bond donors (Lipinski definition) is 1. The number of carbonyl (C=O) groups is 1. The van der Waals surface area contributed by atoms with Crippen molar-refractivity contribution in [1.82, 2.24) is 0 Å². The maximum Gasteiger partial charge on any atom is 0.344 e. The van der Waals surface area contributed by atoms with Crippen LogP contribution in [-0.2, 0) is 9.53 Å². The van der Waals surface area contributed by atoms with E-state index in [-0.39, 0.29) is 23.7 Å². The molecule has 1 aliphatic heterocycles. The zero-order chi connectivity index (χ0) is 17.7. The van der Waals surface area contributed by atoms with Crippen LogP contribution in [0.2, 0.25) is 0 Å². The van der Waals surface area contributed by atoms with Gasteiger partial charge in [-0.3, -0.25) is 0 Å². The first-order valence-corrected chi connectivity index (χ1v) is 8.15. The third-order valence-corrected chi connectivity index (χ3v) is 4.19. The number of carbonyl (C=O) groups excluding carboxylic acids is 1. The van der Waals surface area contributed by atoms with Crippen molar-refractivity contribution in [1.29, 1.82) is 0 Å². The lowest BCUT2D eigenvalue weighted by atomic mass is 10.2. The van der Waals surface area contributed by atoms with Gasteiger partial charge in [0.25, 0.3) is 0 Å². The molecule has 2 rings (SSSR count). The summed E-state index contributed by atoms with van der Waals surface area (Å²) in [6.45, 7) is 1.92. The normalized spacial score (nSPS) is 15.6. The molecule has 0 atom stereocenters. The molecule has 130 valence electrons. The van der Waals surface area contributed by atoms with Crippen molar-refractivity contribution in [3.63, 3.8) is 0 Å². The Labute approximate surface area is 144 Å². The van der Waals surface area contributed by atoms with Crippen LogP contribution in [0.5, 0.6) is 17.2 Å². The lowest BCUT2D eigenvalue weighted by molar-refractivity contribution is -0.138. The van der Waals surface area contributed by atoms with Gasteiger partial charge >= 0.3 is 5.97 Å². The van der Waals surface area contributed by atoms with Crippen molar-refractivity contribution >= 4 is 28.5 Å². The maximum atomic E-state index is 12.0. The molecule has 1 heterocycles. The molecule has 0 bridgehead atoms. The molecule has 1 N–H and O–H groups in total. The number of esters is 1. The molecule has 8 heteroatoms. The Morgan fingerprint density at radius 2 is 1.83 bits per heavy atom. The molecule has 24 heavy (non-hydrogen) atoms. The number of ether oxygens (including phenoxy) is 4. The molecular weight excluding hydrogens is 334 g/mol. The highest BCUT2D eigenvalue weighted by molar-refractivity contribution is 8.15. The summed E-state index contributed by atoms with van der Waals surface area (Å²) in [6.07, 6.45) is 0. The van der Waals surface area contributed by atoms with Gasteiger partial charge in [-0.1, -0.05) is 11.8 Å². The second kappa shape index (κ2) is 7.96. The first-order valence-electron chi connectivity index (χ1n) is 7.16. The minimum absolute atomic E-state index is 0.0374. The van der Waals surface area contributed by atoms with Crippen molar-refractivity contribution in [2.45, 2.75) is 6.92 Å². The number of aliphatic hydroxyl groups excluding tert-OH is 1. The molecule has 0 aromatic heterocycles. The van der Waals surface area contributed by atoms with Gasteiger partial charge in [0, 0.05) is 12.1 Å². The van der Waals surface area contributed by atoms with E-state index in [1.54, 1.807) is 19.1 Å². The minimum atomic E-state index is -0.591. The van der Waals surface area contributed by atoms with E-state index in [4.69, 9.17) is 18.9 Å². The average molecular weight is 353 g/mol. The molecule has 0 radical (unpaired) electrons. The number of methoxy groups -OCH3 is 3. The van der Waals surface area contributed by atoms with Crippen molar-refractivity contribution in [3.8, 4) is 17.2 Å². The van der Waals surface area contributed by atoms with E-state index in [1.807, 2.05) is 0 Å². The average Bonchev–Trinajstić information content (AvgIpc) is 2.94. The Balaban J connectivity index is 2.45. The second-order valence-corrected chi connectivity index (χ2v) is 5.60. The smallest absolute Gasteiger partial charge is 0.344 e. The molecular formula is C16H19NO6S. The fourth-order valence-electron chi connectivity index (χ4n) is 2.15. The molecule has 1 aromatic carbocycles. The van der Waals surface area contributed by atoms with E-state index in [1.165, 1.54) is 33.1 Å². The van der Waals surface area contributed by atoms with Crippen molar-refractivity contribution in [2.24, 2.45) is 4.99 Å². The van der Waals surface area contributed by atoms with E-state index in [9.17, 15) is 9.90 Å². The molecule has 1 aliphatic rings. The Hall–Kier alpha value is -2.35. The number of thioether (sulfide) groups is 1. The quantitative estimate of drug-likeness (QED) is 0.787. The summed E-state index contributed by atoms with van der Waals surface area (Å²) >= 11 is 1.26. The number of hydrogen-bond acceptors (Lipinski definition) is 8. The van der Waals surface area contributed by atoms with Crippen LogP contribution in [-0.4, -0.2) is 49.8 Å². The molecule has 0 amide bonds. The monoisotopic (exact) mass is 353 g/mol. The van der Waals surface area contributed by atoms with E-state index in [2.05, 4.69) is 4.99 Å². The summed E-state index contributed by atoms with van der Waals surface area (Å²) in [5.74, 6) is 0.996. The van der Waals surface area contributed by atoms with Crippen LogP contribution >= 0.6 is 11.8 Å². The number of aliphatic hydroxyl groups is 1. The van der Waals surface area contributed by atoms with Gasteiger partial charge in [0.15, 0.2) is 11.5 Å². The zero-order valence-corrected chi connectivity index (χ0v) is 14.7. The fourth-order valence-corrected chi connectivity index (χ4v) is 3.08. The highest BCUT2D eigenvalue weighted by Crippen LogP contribution is 2.41. The molecule has 7 nitrogen and oxygen atoms in total. The summed E-state index contributed by atoms with van der Waals surface area (Å²) in [4.78, 5) is 16.4. The summed E-state index contributed by atoms with van der Waals surface area (Å²) in [7, 11) is 4.53. The van der Waals surface area contributed by atoms with Gasteiger partial charge in [-0.25, -0.2) is 9.79 Å².